The Morgan fingerprint density at radius 2 is 2.00 bits per heavy atom. The second-order valence-electron chi connectivity index (χ2n) is 4.84. The molecule has 6 heteroatoms. The smallest absolute Gasteiger partial charge is 0.290 e. The number of benzene rings is 1. The van der Waals surface area contributed by atoms with Crippen LogP contribution >= 0.6 is 11.8 Å². The minimum absolute atomic E-state index is 0.0680. The molecule has 22 heavy (non-hydrogen) atoms. The SMILES string of the molecule is COc1cc(OC)cc(C2SCCN2C(=O)c2ccco2)c1. The van der Waals surface area contributed by atoms with Gasteiger partial charge in [0.25, 0.3) is 5.91 Å². The van der Waals surface area contributed by atoms with Gasteiger partial charge in [0.05, 0.1) is 20.5 Å². The number of methoxy groups -OCH3 is 2. The van der Waals surface area contributed by atoms with Gasteiger partial charge in [-0.25, -0.2) is 0 Å². The number of hydrogen-bond acceptors (Lipinski definition) is 5. The van der Waals surface area contributed by atoms with Gasteiger partial charge in [0.1, 0.15) is 16.9 Å². The van der Waals surface area contributed by atoms with Crippen molar-refractivity contribution in [2.24, 2.45) is 0 Å². The Kier molecular flexibility index (Phi) is 4.29. The monoisotopic (exact) mass is 319 g/mol. The van der Waals surface area contributed by atoms with Crippen molar-refractivity contribution in [2.75, 3.05) is 26.5 Å². The van der Waals surface area contributed by atoms with Crippen LogP contribution in [-0.4, -0.2) is 37.3 Å². The Hall–Kier alpha value is -2.08. The van der Waals surface area contributed by atoms with E-state index in [1.165, 1.54) is 6.26 Å². The van der Waals surface area contributed by atoms with Gasteiger partial charge in [0.15, 0.2) is 5.76 Å². The molecule has 1 unspecified atom stereocenters. The van der Waals surface area contributed by atoms with E-state index in [-0.39, 0.29) is 11.3 Å². The number of amides is 1. The van der Waals surface area contributed by atoms with Crippen molar-refractivity contribution in [1.82, 2.24) is 4.90 Å². The van der Waals surface area contributed by atoms with Crippen molar-refractivity contribution < 1.29 is 18.7 Å². The Bertz CT molecular complexity index is 634. The molecule has 1 aliphatic rings. The molecule has 2 aromatic rings. The highest BCUT2D eigenvalue weighted by atomic mass is 32.2. The van der Waals surface area contributed by atoms with E-state index < -0.39 is 0 Å². The average Bonchev–Trinajstić information content (AvgIpc) is 3.24. The molecule has 1 aromatic heterocycles. The maximum Gasteiger partial charge on any atom is 0.290 e. The van der Waals surface area contributed by atoms with Gasteiger partial charge in [-0.1, -0.05) is 0 Å². The van der Waals surface area contributed by atoms with Crippen LogP contribution in [0.15, 0.2) is 41.0 Å². The summed E-state index contributed by atoms with van der Waals surface area (Å²) in [6.07, 6.45) is 1.51. The first-order valence-corrected chi connectivity index (χ1v) is 7.97. The van der Waals surface area contributed by atoms with E-state index >= 15 is 0 Å². The van der Waals surface area contributed by atoms with Crippen LogP contribution in [0.4, 0.5) is 0 Å². The van der Waals surface area contributed by atoms with Crippen LogP contribution < -0.4 is 9.47 Å². The summed E-state index contributed by atoms with van der Waals surface area (Å²) in [5, 5.41) is -0.0680. The highest BCUT2D eigenvalue weighted by molar-refractivity contribution is 7.99. The molecule has 1 aliphatic heterocycles. The number of thioether (sulfide) groups is 1. The summed E-state index contributed by atoms with van der Waals surface area (Å²) in [5.41, 5.74) is 0.985. The number of carbonyl (C=O) groups excluding carboxylic acids is 1. The van der Waals surface area contributed by atoms with E-state index in [1.54, 1.807) is 38.1 Å². The minimum atomic E-state index is -0.0956. The zero-order valence-electron chi connectivity index (χ0n) is 12.4. The number of carbonyl (C=O) groups is 1. The van der Waals surface area contributed by atoms with Crippen LogP contribution in [0.1, 0.15) is 21.5 Å². The number of rotatable bonds is 4. The lowest BCUT2D eigenvalue weighted by Crippen LogP contribution is -2.30. The molecule has 116 valence electrons. The van der Waals surface area contributed by atoms with Gasteiger partial charge in [-0.2, -0.15) is 0 Å². The topological polar surface area (TPSA) is 51.9 Å². The summed E-state index contributed by atoms with van der Waals surface area (Å²) >= 11 is 1.72. The maximum absolute atomic E-state index is 12.6. The number of nitrogens with zero attached hydrogens (tertiary/aromatic N) is 1. The molecule has 0 aliphatic carbocycles. The van der Waals surface area contributed by atoms with E-state index in [1.807, 2.05) is 23.1 Å². The summed E-state index contributed by atoms with van der Waals surface area (Å²) in [7, 11) is 3.23. The molecule has 0 N–H and O–H groups in total. The predicted molar refractivity (Wildman–Crippen MR) is 84.5 cm³/mol. The zero-order valence-corrected chi connectivity index (χ0v) is 13.3. The van der Waals surface area contributed by atoms with Crippen LogP contribution in [0.5, 0.6) is 11.5 Å². The van der Waals surface area contributed by atoms with Crippen molar-refractivity contribution in [3.63, 3.8) is 0 Å². The third kappa shape index (κ3) is 2.78. The Morgan fingerprint density at radius 1 is 1.27 bits per heavy atom. The molecule has 0 saturated carbocycles. The Labute approximate surface area is 133 Å². The van der Waals surface area contributed by atoms with Crippen molar-refractivity contribution in [2.45, 2.75) is 5.37 Å². The summed E-state index contributed by atoms with van der Waals surface area (Å²) in [6.45, 7) is 0.689. The van der Waals surface area contributed by atoms with Crippen molar-refractivity contribution in [1.29, 1.82) is 0 Å². The fourth-order valence-corrected chi connectivity index (χ4v) is 3.70. The van der Waals surface area contributed by atoms with Gasteiger partial charge in [0.2, 0.25) is 0 Å². The van der Waals surface area contributed by atoms with Crippen LogP contribution in [0.25, 0.3) is 0 Å². The summed E-state index contributed by atoms with van der Waals surface area (Å²) in [4.78, 5) is 14.4. The molecule has 3 rings (SSSR count). The highest BCUT2D eigenvalue weighted by Crippen LogP contribution is 2.41. The lowest BCUT2D eigenvalue weighted by atomic mass is 10.1. The second-order valence-corrected chi connectivity index (χ2v) is 6.03. The summed E-state index contributed by atoms with van der Waals surface area (Å²) in [5.74, 6) is 2.58. The molecule has 0 spiro atoms. The van der Waals surface area contributed by atoms with E-state index in [9.17, 15) is 4.79 Å². The zero-order chi connectivity index (χ0) is 15.5. The normalized spacial score (nSPS) is 17.5. The van der Waals surface area contributed by atoms with E-state index in [4.69, 9.17) is 13.9 Å². The largest absolute Gasteiger partial charge is 0.497 e. The lowest BCUT2D eigenvalue weighted by molar-refractivity contribution is 0.0728. The van der Waals surface area contributed by atoms with Gasteiger partial charge in [-0.05, 0) is 29.8 Å². The maximum atomic E-state index is 12.6. The first-order valence-electron chi connectivity index (χ1n) is 6.92. The molecule has 1 aromatic carbocycles. The first-order chi connectivity index (χ1) is 10.7. The van der Waals surface area contributed by atoms with Crippen LogP contribution in [0.3, 0.4) is 0 Å². The van der Waals surface area contributed by atoms with Crippen LogP contribution in [0.2, 0.25) is 0 Å². The molecular weight excluding hydrogens is 302 g/mol. The first kappa shape index (κ1) is 14.8. The van der Waals surface area contributed by atoms with Crippen molar-refractivity contribution in [3.05, 3.63) is 47.9 Å². The molecule has 1 fully saturated rings. The fraction of sp³-hybridized carbons (Fsp3) is 0.312. The lowest BCUT2D eigenvalue weighted by Gasteiger charge is -2.24. The third-order valence-corrected chi connectivity index (χ3v) is 4.80. The Balaban J connectivity index is 1.91. The van der Waals surface area contributed by atoms with Crippen LogP contribution in [-0.2, 0) is 0 Å². The van der Waals surface area contributed by atoms with Gasteiger partial charge in [-0.3, -0.25) is 4.79 Å². The number of furan rings is 1. The van der Waals surface area contributed by atoms with Gasteiger partial charge in [0, 0.05) is 18.4 Å². The average molecular weight is 319 g/mol. The van der Waals surface area contributed by atoms with Gasteiger partial charge in [-0.15, -0.1) is 11.8 Å². The van der Waals surface area contributed by atoms with Crippen molar-refractivity contribution >= 4 is 17.7 Å². The quantitative estimate of drug-likeness (QED) is 0.866. The van der Waals surface area contributed by atoms with Gasteiger partial charge >= 0.3 is 0 Å². The van der Waals surface area contributed by atoms with Crippen molar-refractivity contribution in [3.8, 4) is 11.5 Å². The van der Waals surface area contributed by atoms with E-state index in [0.717, 1.165) is 11.3 Å². The molecule has 0 bridgehead atoms. The molecular formula is C16H17NO4S. The number of ether oxygens (including phenoxy) is 2. The predicted octanol–water partition coefficient (Wildman–Crippen LogP) is 3.18. The number of hydrogen-bond donors (Lipinski definition) is 0. The summed E-state index contributed by atoms with van der Waals surface area (Å²) < 4.78 is 15.9. The van der Waals surface area contributed by atoms with E-state index in [0.29, 0.717) is 23.8 Å². The highest BCUT2D eigenvalue weighted by Gasteiger charge is 2.33. The molecule has 0 radical (unpaired) electrons. The fourth-order valence-electron chi connectivity index (χ4n) is 2.47. The van der Waals surface area contributed by atoms with Crippen LogP contribution in [0, 0.1) is 0 Å². The standard InChI is InChI=1S/C16H17NO4S/c1-19-12-8-11(9-13(10-12)20-2)16-17(5-7-22-16)15(18)14-4-3-6-21-14/h3-4,6,8-10,16H,5,7H2,1-2H3. The minimum Gasteiger partial charge on any atom is -0.497 e. The Morgan fingerprint density at radius 3 is 2.59 bits per heavy atom. The molecule has 1 amide bonds. The molecule has 5 nitrogen and oxygen atoms in total. The molecule has 2 heterocycles. The summed E-state index contributed by atoms with van der Waals surface area (Å²) in [6, 6.07) is 9.11. The third-order valence-electron chi connectivity index (χ3n) is 3.54. The second kappa shape index (κ2) is 6.36. The molecule has 1 saturated heterocycles. The van der Waals surface area contributed by atoms with Gasteiger partial charge < -0.3 is 18.8 Å². The van der Waals surface area contributed by atoms with E-state index in [2.05, 4.69) is 0 Å². The molecule has 1 atom stereocenters.